The van der Waals surface area contributed by atoms with Gasteiger partial charge in [0.2, 0.25) is 0 Å². The molecule has 0 aromatic carbocycles. The number of aliphatic hydroxyl groups is 1. The van der Waals surface area contributed by atoms with Gasteiger partial charge in [-0.1, -0.05) is 25.5 Å². The third-order valence-corrected chi connectivity index (χ3v) is 9.49. The van der Waals surface area contributed by atoms with Gasteiger partial charge in [0.05, 0.1) is 12.2 Å². The zero-order valence-corrected chi connectivity index (χ0v) is 17.5. The summed E-state index contributed by atoms with van der Waals surface area (Å²) in [4.78, 5) is 0. The Kier molecular flexibility index (Phi) is 4.81. The van der Waals surface area contributed by atoms with E-state index in [0.29, 0.717) is 36.5 Å². The van der Waals surface area contributed by atoms with E-state index in [9.17, 15) is 13.5 Å². The Morgan fingerprint density at radius 2 is 1.89 bits per heavy atom. The Morgan fingerprint density at radius 3 is 2.56 bits per heavy atom. The summed E-state index contributed by atoms with van der Waals surface area (Å²) in [5.74, 6) is 2.40. The lowest BCUT2D eigenvalue weighted by atomic mass is 9.47. The maximum absolute atomic E-state index is 11.1. The molecule has 0 amide bonds. The van der Waals surface area contributed by atoms with E-state index in [1.165, 1.54) is 24.8 Å². The van der Waals surface area contributed by atoms with Crippen LogP contribution in [0.4, 0.5) is 0 Å². The lowest BCUT2D eigenvalue weighted by Gasteiger charge is -2.58. The van der Waals surface area contributed by atoms with E-state index in [-0.39, 0.29) is 16.9 Å². The normalized spacial score (nSPS) is 48.2. The third-order valence-electron chi connectivity index (χ3n) is 8.97. The van der Waals surface area contributed by atoms with E-state index in [1.807, 2.05) is 6.92 Å². The van der Waals surface area contributed by atoms with Crippen LogP contribution in [0.1, 0.15) is 72.1 Å². The van der Waals surface area contributed by atoms with Crippen LogP contribution in [0.2, 0.25) is 0 Å². The summed E-state index contributed by atoms with van der Waals surface area (Å²) in [5.41, 5.74) is 1.70. The Balaban J connectivity index is 1.57. The summed E-state index contributed by atoms with van der Waals surface area (Å²) in [6.07, 6.45) is 9.69. The minimum atomic E-state index is -4.39. The van der Waals surface area contributed by atoms with Crippen molar-refractivity contribution in [2.45, 2.75) is 84.3 Å². The summed E-state index contributed by atoms with van der Waals surface area (Å²) in [5, 5.41) is 10.3. The van der Waals surface area contributed by atoms with E-state index in [2.05, 4.69) is 19.9 Å². The fourth-order valence-corrected chi connectivity index (χ4v) is 8.22. The van der Waals surface area contributed by atoms with Crippen molar-refractivity contribution >= 4 is 10.4 Å². The van der Waals surface area contributed by atoms with E-state index in [1.54, 1.807) is 0 Å². The van der Waals surface area contributed by atoms with E-state index in [4.69, 9.17) is 8.74 Å². The molecule has 5 nitrogen and oxygen atoms in total. The summed E-state index contributed by atoms with van der Waals surface area (Å²) < 4.78 is 36.1. The van der Waals surface area contributed by atoms with Crippen molar-refractivity contribution < 1.29 is 22.3 Å². The summed E-state index contributed by atoms with van der Waals surface area (Å²) in [7, 11) is -4.39. The second kappa shape index (κ2) is 6.54. The zero-order chi connectivity index (χ0) is 19.6. The highest BCUT2D eigenvalue weighted by Gasteiger charge is 2.59. The number of hydrogen-bond donors (Lipinski definition) is 2. The van der Waals surface area contributed by atoms with Gasteiger partial charge >= 0.3 is 10.4 Å². The predicted octanol–water partition coefficient (Wildman–Crippen LogP) is 4.13. The van der Waals surface area contributed by atoms with Crippen LogP contribution in [0.15, 0.2) is 11.6 Å². The average molecular weight is 399 g/mol. The van der Waals surface area contributed by atoms with Gasteiger partial charge in [-0.15, -0.1) is 0 Å². The topological polar surface area (TPSA) is 83.8 Å². The molecule has 0 saturated heterocycles. The van der Waals surface area contributed by atoms with Crippen LogP contribution >= 0.6 is 0 Å². The molecule has 8 atom stereocenters. The van der Waals surface area contributed by atoms with E-state index in [0.717, 1.165) is 19.3 Å². The van der Waals surface area contributed by atoms with Gasteiger partial charge in [0, 0.05) is 0 Å². The van der Waals surface area contributed by atoms with Crippen LogP contribution in [0.25, 0.3) is 0 Å². The molecule has 4 aliphatic rings. The molecule has 4 rings (SSSR count). The summed E-state index contributed by atoms with van der Waals surface area (Å²) in [6, 6.07) is 0. The molecule has 2 N–H and O–H groups in total. The molecule has 3 fully saturated rings. The van der Waals surface area contributed by atoms with Gasteiger partial charge in [0.15, 0.2) is 0 Å². The minimum Gasteiger partial charge on any atom is -0.393 e. The first-order chi connectivity index (χ1) is 12.5. The standard InChI is InChI=1S/C21H34O5S/c1-13(22)17-6-7-18-16-5-4-14-12-15(26-27(23,24)25)8-10-20(14,2)19(16)9-11-21(17,18)3/h4,13,15-19,22H,5-12H2,1-3H3,(H,23,24,25)/t13-,15+,16-,17+,18-,19-,20-,21+/m0/s1. The Labute approximate surface area is 163 Å². The molecular formula is C21H34O5S. The van der Waals surface area contributed by atoms with Crippen molar-refractivity contribution in [2.24, 2.45) is 34.5 Å². The summed E-state index contributed by atoms with van der Waals surface area (Å²) in [6.45, 7) is 6.74. The maximum Gasteiger partial charge on any atom is 0.397 e. The van der Waals surface area contributed by atoms with Crippen LogP contribution in [0, 0.1) is 34.5 Å². The molecule has 3 saturated carbocycles. The molecule has 0 unspecified atom stereocenters. The molecule has 154 valence electrons. The third kappa shape index (κ3) is 3.21. The summed E-state index contributed by atoms with van der Waals surface area (Å²) >= 11 is 0. The molecule has 0 radical (unpaired) electrons. The van der Waals surface area contributed by atoms with Gasteiger partial charge in [0.25, 0.3) is 0 Å². The van der Waals surface area contributed by atoms with Gasteiger partial charge in [0.1, 0.15) is 0 Å². The molecule has 0 aliphatic heterocycles. The van der Waals surface area contributed by atoms with Crippen molar-refractivity contribution in [3.05, 3.63) is 11.6 Å². The average Bonchev–Trinajstić information content (AvgIpc) is 2.91. The highest BCUT2D eigenvalue weighted by molar-refractivity contribution is 7.80. The monoisotopic (exact) mass is 398 g/mol. The van der Waals surface area contributed by atoms with Gasteiger partial charge in [-0.2, -0.15) is 8.42 Å². The Hall–Kier alpha value is -0.430. The van der Waals surface area contributed by atoms with Gasteiger partial charge in [-0.05, 0) is 92.8 Å². The van der Waals surface area contributed by atoms with Crippen LogP contribution in [0.3, 0.4) is 0 Å². The van der Waals surface area contributed by atoms with Crippen LogP contribution in [0.5, 0.6) is 0 Å². The van der Waals surface area contributed by atoms with Crippen molar-refractivity contribution in [1.82, 2.24) is 0 Å². The first kappa shape index (κ1) is 19.9. The largest absolute Gasteiger partial charge is 0.397 e. The molecule has 0 spiro atoms. The minimum absolute atomic E-state index is 0.117. The van der Waals surface area contributed by atoms with Crippen molar-refractivity contribution in [1.29, 1.82) is 0 Å². The van der Waals surface area contributed by atoms with Crippen LogP contribution in [-0.4, -0.2) is 30.3 Å². The molecule has 0 aromatic rings. The number of fused-ring (bicyclic) bond motifs is 5. The van der Waals surface area contributed by atoms with Crippen molar-refractivity contribution in [2.75, 3.05) is 0 Å². The maximum atomic E-state index is 11.1. The van der Waals surface area contributed by atoms with Crippen LogP contribution in [-0.2, 0) is 14.6 Å². The van der Waals surface area contributed by atoms with Gasteiger partial charge in [-0.25, -0.2) is 4.18 Å². The first-order valence-electron chi connectivity index (χ1n) is 10.6. The Bertz CT molecular complexity index is 729. The van der Waals surface area contributed by atoms with Crippen molar-refractivity contribution in [3.63, 3.8) is 0 Å². The molecule has 0 bridgehead atoms. The molecular weight excluding hydrogens is 364 g/mol. The van der Waals surface area contributed by atoms with Crippen molar-refractivity contribution in [3.8, 4) is 0 Å². The SMILES string of the molecule is C[C@H](O)[C@H]1CC[C@H]2[C@@H]3CC=C4C[C@H](OS(=O)(=O)O)CC[C@]4(C)[C@H]3CC[C@]12C. The number of aliphatic hydroxyl groups excluding tert-OH is 1. The second-order valence-corrected chi connectivity index (χ2v) is 11.2. The van der Waals surface area contributed by atoms with Crippen LogP contribution < -0.4 is 0 Å². The van der Waals surface area contributed by atoms with E-state index < -0.39 is 16.5 Å². The molecule has 0 heterocycles. The van der Waals surface area contributed by atoms with E-state index >= 15 is 0 Å². The number of rotatable bonds is 3. The fraction of sp³-hybridized carbons (Fsp3) is 0.905. The molecule has 6 heteroatoms. The number of allylic oxidation sites excluding steroid dienone is 1. The van der Waals surface area contributed by atoms with Gasteiger partial charge < -0.3 is 5.11 Å². The predicted molar refractivity (Wildman–Crippen MR) is 103 cm³/mol. The lowest BCUT2D eigenvalue weighted by molar-refractivity contribution is -0.0666. The first-order valence-corrected chi connectivity index (χ1v) is 11.9. The highest BCUT2D eigenvalue weighted by atomic mass is 32.3. The fourth-order valence-electron chi connectivity index (χ4n) is 7.71. The lowest BCUT2D eigenvalue weighted by Crippen LogP contribution is -2.51. The second-order valence-electron chi connectivity index (χ2n) is 10.1. The molecule has 27 heavy (non-hydrogen) atoms. The number of hydrogen-bond acceptors (Lipinski definition) is 4. The molecule has 0 aromatic heterocycles. The Morgan fingerprint density at radius 1 is 1.15 bits per heavy atom. The van der Waals surface area contributed by atoms with Gasteiger partial charge in [-0.3, -0.25) is 4.55 Å². The highest BCUT2D eigenvalue weighted by Crippen LogP contribution is 2.66. The molecule has 4 aliphatic carbocycles. The smallest absolute Gasteiger partial charge is 0.393 e. The zero-order valence-electron chi connectivity index (χ0n) is 16.7. The quantitative estimate of drug-likeness (QED) is 0.551.